The van der Waals surface area contributed by atoms with Gasteiger partial charge in [-0.1, -0.05) is 6.07 Å². The maximum atomic E-state index is 13.4. The first-order valence-electron chi connectivity index (χ1n) is 7.12. The molecule has 1 aromatic heterocycles. The Balaban J connectivity index is 2.00. The number of rotatable bonds is 4. The lowest BCUT2D eigenvalue weighted by Gasteiger charge is -2.09. The Labute approximate surface area is 137 Å². The molecule has 0 bridgehead atoms. The van der Waals surface area contributed by atoms with Crippen molar-refractivity contribution < 1.29 is 23.1 Å². The second-order valence-electron chi connectivity index (χ2n) is 5.27. The highest BCUT2D eigenvalue weighted by Gasteiger charge is 2.18. The molecule has 0 saturated carbocycles. The number of carbonyl (C=O) groups is 2. The quantitative estimate of drug-likeness (QED) is 0.869. The molecular formula is C17H16FNO5. The van der Waals surface area contributed by atoms with Gasteiger partial charge in [0.1, 0.15) is 17.1 Å². The summed E-state index contributed by atoms with van der Waals surface area (Å²) in [5.41, 5.74) is 0.646. The molecule has 0 aliphatic rings. The first kappa shape index (κ1) is 17.4. The first-order chi connectivity index (χ1) is 11.3. The predicted molar refractivity (Wildman–Crippen MR) is 84.5 cm³/mol. The summed E-state index contributed by atoms with van der Waals surface area (Å²) in [5, 5.41) is 2.43. The van der Waals surface area contributed by atoms with Crippen LogP contribution in [0.3, 0.4) is 0 Å². The van der Waals surface area contributed by atoms with Gasteiger partial charge in [-0.25, -0.2) is 14.0 Å². The van der Waals surface area contributed by atoms with Crippen LogP contribution in [0, 0.1) is 26.6 Å². The van der Waals surface area contributed by atoms with E-state index in [1.165, 1.54) is 31.2 Å². The van der Waals surface area contributed by atoms with Crippen LogP contribution in [0.4, 0.5) is 10.1 Å². The Kier molecular flexibility index (Phi) is 5.13. The van der Waals surface area contributed by atoms with Gasteiger partial charge < -0.3 is 14.5 Å². The highest BCUT2D eigenvalue weighted by atomic mass is 19.1. The third-order valence-corrected chi connectivity index (χ3v) is 3.33. The largest absolute Gasteiger partial charge is 0.452 e. The number of esters is 1. The zero-order chi connectivity index (χ0) is 17.9. The Morgan fingerprint density at radius 2 is 1.88 bits per heavy atom. The molecule has 7 heteroatoms. The summed E-state index contributed by atoms with van der Waals surface area (Å²) in [4.78, 5) is 35.0. The lowest BCUT2D eigenvalue weighted by atomic mass is 10.1. The predicted octanol–water partition coefficient (Wildman–Crippen LogP) is 2.50. The fraction of sp³-hybridized carbons (Fsp3) is 0.235. The minimum atomic E-state index is -0.779. The summed E-state index contributed by atoms with van der Waals surface area (Å²) >= 11 is 0. The van der Waals surface area contributed by atoms with Crippen LogP contribution in [0.2, 0.25) is 0 Å². The molecule has 0 aliphatic carbocycles. The van der Waals surface area contributed by atoms with E-state index in [1.807, 2.05) is 0 Å². The van der Waals surface area contributed by atoms with Crippen molar-refractivity contribution in [3.8, 4) is 0 Å². The molecule has 0 aliphatic heterocycles. The van der Waals surface area contributed by atoms with Gasteiger partial charge in [0.15, 0.2) is 6.61 Å². The van der Waals surface area contributed by atoms with E-state index >= 15 is 0 Å². The molecule has 1 heterocycles. The minimum absolute atomic E-state index is 0.101. The average molecular weight is 333 g/mol. The molecule has 126 valence electrons. The molecule has 0 unspecified atom stereocenters. The molecule has 0 spiro atoms. The zero-order valence-electron chi connectivity index (χ0n) is 13.4. The summed E-state index contributed by atoms with van der Waals surface area (Å²) < 4.78 is 23.2. The Morgan fingerprint density at radius 3 is 2.50 bits per heavy atom. The molecule has 0 atom stereocenters. The maximum absolute atomic E-state index is 13.4. The van der Waals surface area contributed by atoms with E-state index in [1.54, 1.807) is 13.8 Å². The van der Waals surface area contributed by atoms with E-state index in [9.17, 15) is 18.8 Å². The van der Waals surface area contributed by atoms with E-state index in [0.29, 0.717) is 11.1 Å². The van der Waals surface area contributed by atoms with Crippen molar-refractivity contribution in [3.63, 3.8) is 0 Å². The molecule has 6 nitrogen and oxygen atoms in total. The van der Waals surface area contributed by atoms with Gasteiger partial charge in [0, 0.05) is 11.8 Å². The normalized spacial score (nSPS) is 10.3. The number of anilines is 1. The molecule has 1 amide bonds. The number of hydrogen-bond acceptors (Lipinski definition) is 5. The van der Waals surface area contributed by atoms with Gasteiger partial charge >= 0.3 is 11.6 Å². The van der Waals surface area contributed by atoms with E-state index in [2.05, 4.69) is 5.32 Å². The van der Waals surface area contributed by atoms with E-state index < -0.39 is 29.9 Å². The van der Waals surface area contributed by atoms with Crippen LogP contribution in [0.1, 0.15) is 27.2 Å². The van der Waals surface area contributed by atoms with Crippen LogP contribution < -0.4 is 10.9 Å². The van der Waals surface area contributed by atoms with Crippen molar-refractivity contribution in [2.45, 2.75) is 20.8 Å². The van der Waals surface area contributed by atoms with E-state index in [0.717, 1.165) is 0 Å². The Morgan fingerprint density at radius 1 is 1.17 bits per heavy atom. The van der Waals surface area contributed by atoms with Crippen molar-refractivity contribution in [3.05, 3.63) is 63.0 Å². The standard InChI is InChI=1S/C17H16FNO5/c1-9-4-5-12(7-13(9)18)19-14(20)8-23-17(22)16-10(2)6-15(21)24-11(16)3/h4-7H,8H2,1-3H3,(H,19,20). The topological polar surface area (TPSA) is 85.6 Å². The monoisotopic (exact) mass is 333 g/mol. The van der Waals surface area contributed by atoms with E-state index in [4.69, 9.17) is 9.15 Å². The van der Waals surface area contributed by atoms with Gasteiger partial charge in [-0.15, -0.1) is 0 Å². The summed E-state index contributed by atoms with van der Waals surface area (Å²) in [6.07, 6.45) is 0. The lowest BCUT2D eigenvalue weighted by molar-refractivity contribution is -0.119. The van der Waals surface area contributed by atoms with Crippen LogP contribution in [0.5, 0.6) is 0 Å². The second kappa shape index (κ2) is 7.08. The van der Waals surface area contributed by atoms with Crippen molar-refractivity contribution in [1.29, 1.82) is 0 Å². The number of aryl methyl sites for hydroxylation is 3. The second-order valence-corrected chi connectivity index (χ2v) is 5.27. The number of halogens is 1. The molecule has 2 rings (SSSR count). The van der Waals surface area contributed by atoms with Crippen molar-refractivity contribution in [2.24, 2.45) is 0 Å². The zero-order valence-corrected chi connectivity index (χ0v) is 13.4. The molecular weight excluding hydrogens is 317 g/mol. The van der Waals surface area contributed by atoms with E-state index in [-0.39, 0.29) is 17.0 Å². The van der Waals surface area contributed by atoms with Gasteiger partial charge in [0.05, 0.1) is 0 Å². The third-order valence-electron chi connectivity index (χ3n) is 3.33. The minimum Gasteiger partial charge on any atom is -0.452 e. The summed E-state index contributed by atoms with van der Waals surface area (Å²) in [5.74, 6) is -1.72. The number of benzene rings is 1. The lowest BCUT2D eigenvalue weighted by Crippen LogP contribution is -2.22. The van der Waals surface area contributed by atoms with Gasteiger partial charge in [-0.05, 0) is 44.0 Å². The number of ether oxygens (including phenoxy) is 1. The molecule has 1 aromatic carbocycles. The molecule has 0 saturated heterocycles. The van der Waals surface area contributed by atoms with Gasteiger partial charge in [0.25, 0.3) is 5.91 Å². The molecule has 2 aromatic rings. The third kappa shape index (κ3) is 4.07. The number of amides is 1. The SMILES string of the molecule is Cc1ccc(NC(=O)COC(=O)c2c(C)cc(=O)oc2C)cc1F. The summed E-state index contributed by atoms with van der Waals surface area (Å²) in [6, 6.07) is 5.40. The van der Waals surface area contributed by atoms with Crippen molar-refractivity contribution in [2.75, 3.05) is 11.9 Å². The highest BCUT2D eigenvalue weighted by molar-refractivity contribution is 5.96. The van der Waals surface area contributed by atoms with Crippen LogP contribution in [-0.2, 0) is 9.53 Å². The van der Waals surface area contributed by atoms with Gasteiger partial charge in [-0.3, -0.25) is 4.79 Å². The Bertz CT molecular complexity index is 830. The number of nitrogens with one attached hydrogen (secondary N) is 1. The first-order valence-corrected chi connectivity index (χ1v) is 7.12. The van der Waals surface area contributed by atoms with Crippen LogP contribution in [0.15, 0.2) is 33.5 Å². The van der Waals surface area contributed by atoms with Crippen LogP contribution >= 0.6 is 0 Å². The van der Waals surface area contributed by atoms with Gasteiger partial charge in [-0.2, -0.15) is 0 Å². The smallest absolute Gasteiger partial charge is 0.342 e. The van der Waals surface area contributed by atoms with Crippen molar-refractivity contribution >= 4 is 17.6 Å². The summed E-state index contributed by atoms with van der Waals surface area (Å²) in [7, 11) is 0. The Hall–Kier alpha value is -2.96. The fourth-order valence-corrected chi connectivity index (χ4v) is 2.13. The molecule has 0 radical (unpaired) electrons. The van der Waals surface area contributed by atoms with Crippen LogP contribution in [0.25, 0.3) is 0 Å². The fourth-order valence-electron chi connectivity index (χ4n) is 2.13. The van der Waals surface area contributed by atoms with Gasteiger partial charge in [0.2, 0.25) is 0 Å². The molecule has 24 heavy (non-hydrogen) atoms. The molecule has 0 fully saturated rings. The number of carbonyl (C=O) groups excluding carboxylic acids is 2. The van der Waals surface area contributed by atoms with Crippen molar-refractivity contribution in [1.82, 2.24) is 0 Å². The average Bonchev–Trinajstić information content (AvgIpc) is 2.48. The maximum Gasteiger partial charge on any atom is 0.342 e. The highest BCUT2D eigenvalue weighted by Crippen LogP contribution is 2.14. The number of hydrogen-bond donors (Lipinski definition) is 1. The summed E-state index contributed by atoms with van der Waals surface area (Å²) in [6.45, 7) is 4.08. The molecule has 1 N–H and O–H groups in total. The van der Waals surface area contributed by atoms with Crippen LogP contribution in [-0.4, -0.2) is 18.5 Å².